The quantitative estimate of drug-likeness (QED) is 0.445. The van der Waals surface area contributed by atoms with Crippen LogP contribution in [0.15, 0.2) is 72.4 Å². The largest absolute Gasteiger partial charge is 0.494 e. The number of halogens is 3. The highest BCUT2D eigenvalue weighted by Crippen LogP contribution is 2.35. The molecule has 33 heavy (non-hydrogen) atoms. The van der Waals surface area contributed by atoms with Gasteiger partial charge in [0.1, 0.15) is 23.1 Å². The zero-order valence-corrected chi connectivity index (χ0v) is 18.3. The van der Waals surface area contributed by atoms with Gasteiger partial charge in [0.05, 0.1) is 17.9 Å². The van der Waals surface area contributed by atoms with Gasteiger partial charge in [-0.15, -0.1) is 0 Å². The number of amides is 2. The van der Waals surface area contributed by atoms with Crippen LogP contribution in [0, 0.1) is 11.6 Å². The fourth-order valence-electron chi connectivity index (χ4n) is 3.44. The Labute approximate surface area is 194 Å². The van der Waals surface area contributed by atoms with Gasteiger partial charge in [-0.3, -0.25) is 9.59 Å². The molecule has 0 radical (unpaired) electrons. The average molecular weight is 469 g/mol. The Bertz CT molecular complexity index is 1260. The summed E-state index contributed by atoms with van der Waals surface area (Å²) in [6.45, 7) is 2.51. The number of anilines is 2. The summed E-state index contributed by atoms with van der Waals surface area (Å²) in [5.74, 6) is -2.76. The van der Waals surface area contributed by atoms with Crippen LogP contribution in [0.1, 0.15) is 18.9 Å². The molecule has 1 aliphatic rings. The van der Waals surface area contributed by atoms with Gasteiger partial charge in [-0.25, -0.2) is 13.7 Å². The number of rotatable bonds is 7. The van der Waals surface area contributed by atoms with E-state index in [1.54, 1.807) is 48.5 Å². The van der Waals surface area contributed by atoms with Crippen molar-refractivity contribution < 1.29 is 23.1 Å². The molecule has 1 N–H and O–H groups in total. The van der Waals surface area contributed by atoms with Crippen molar-refractivity contribution in [3.8, 4) is 5.75 Å². The van der Waals surface area contributed by atoms with E-state index in [2.05, 4.69) is 5.32 Å². The summed E-state index contributed by atoms with van der Waals surface area (Å²) in [6, 6.07) is 15.9. The van der Waals surface area contributed by atoms with E-state index < -0.39 is 23.4 Å². The Morgan fingerprint density at radius 1 is 0.970 bits per heavy atom. The molecule has 168 valence electrons. The van der Waals surface area contributed by atoms with E-state index >= 15 is 0 Å². The minimum absolute atomic E-state index is 0.0419. The van der Waals surface area contributed by atoms with Crippen molar-refractivity contribution in [3.05, 3.63) is 94.6 Å². The molecule has 0 unspecified atom stereocenters. The normalized spacial score (nSPS) is 13.6. The van der Waals surface area contributed by atoms with Crippen molar-refractivity contribution in [2.24, 2.45) is 0 Å². The molecule has 1 aliphatic heterocycles. The van der Waals surface area contributed by atoms with Gasteiger partial charge < -0.3 is 10.1 Å². The van der Waals surface area contributed by atoms with Gasteiger partial charge in [0.25, 0.3) is 11.8 Å². The van der Waals surface area contributed by atoms with Crippen molar-refractivity contribution in [2.75, 3.05) is 16.8 Å². The zero-order valence-electron chi connectivity index (χ0n) is 17.6. The summed E-state index contributed by atoms with van der Waals surface area (Å²) in [6.07, 6.45) is 0.828. The third-order valence-corrected chi connectivity index (χ3v) is 5.20. The van der Waals surface area contributed by atoms with Crippen LogP contribution in [0.4, 0.5) is 20.2 Å². The number of nitrogens with one attached hydrogen (secondary N) is 1. The molecule has 2 amide bonds. The molecule has 0 spiro atoms. The summed E-state index contributed by atoms with van der Waals surface area (Å²) in [5, 5.41) is 3.44. The highest BCUT2D eigenvalue weighted by atomic mass is 35.5. The summed E-state index contributed by atoms with van der Waals surface area (Å²) in [7, 11) is 0. The fourth-order valence-corrected chi connectivity index (χ4v) is 3.57. The number of ether oxygens (including phenoxy) is 1. The second-order valence-corrected chi connectivity index (χ2v) is 7.74. The molecule has 0 aromatic heterocycles. The maximum atomic E-state index is 14.5. The molecule has 0 bridgehead atoms. The van der Waals surface area contributed by atoms with E-state index in [-0.39, 0.29) is 17.0 Å². The molecule has 5 nitrogen and oxygen atoms in total. The maximum Gasteiger partial charge on any atom is 0.282 e. The van der Waals surface area contributed by atoms with E-state index in [9.17, 15) is 18.4 Å². The number of nitrogens with zero attached hydrogens (tertiary/aromatic N) is 1. The van der Waals surface area contributed by atoms with Crippen LogP contribution >= 0.6 is 11.6 Å². The molecule has 0 saturated carbocycles. The van der Waals surface area contributed by atoms with Crippen LogP contribution in [-0.4, -0.2) is 18.4 Å². The lowest BCUT2D eigenvalue weighted by atomic mass is 10.0. The summed E-state index contributed by atoms with van der Waals surface area (Å²) < 4.78 is 33.6. The lowest BCUT2D eigenvalue weighted by molar-refractivity contribution is -0.120. The van der Waals surface area contributed by atoms with Crippen molar-refractivity contribution >= 4 is 40.4 Å². The number of carbonyl (C=O) groups excluding carboxylic acids is 2. The summed E-state index contributed by atoms with van der Waals surface area (Å²) in [4.78, 5) is 27.4. The van der Waals surface area contributed by atoms with Gasteiger partial charge >= 0.3 is 0 Å². The van der Waals surface area contributed by atoms with Crippen molar-refractivity contribution in [1.29, 1.82) is 0 Å². The Kier molecular flexibility index (Phi) is 6.42. The number of hydrogen-bond donors (Lipinski definition) is 1. The van der Waals surface area contributed by atoms with Gasteiger partial charge in [-0.05, 0) is 48.4 Å². The van der Waals surface area contributed by atoms with Crippen LogP contribution in [0.25, 0.3) is 5.57 Å². The SMILES string of the molecule is CCCOc1cccc(NC2=C(c3ccc(Cl)cc3)C(=O)N(c3ccc(F)cc3F)C2=O)c1. The highest BCUT2D eigenvalue weighted by Gasteiger charge is 2.41. The van der Waals surface area contributed by atoms with Gasteiger partial charge in [-0.2, -0.15) is 0 Å². The van der Waals surface area contributed by atoms with Crippen molar-refractivity contribution in [3.63, 3.8) is 0 Å². The molecule has 3 aromatic rings. The van der Waals surface area contributed by atoms with E-state index in [1.165, 1.54) is 0 Å². The van der Waals surface area contributed by atoms with Crippen LogP contribution in [0.3, 0.4) is 0 Å². The minimum atomic E-state index is -1.02. The molecular formula is C25H19ClF2N2O3. The standard InChI is InChI=1S/C25H19ClF2N2O3/c1-2-12-33-19-5-3-4-18(14-19)29-23-22(15-6-8-16(26)9-7-15)24(31)30(25(23)32)21-11-10-17(27)13-20(21)28/h3-11,13-14,29H,2,12H2,1H3. The first kappa shape index (κ1) is 22.5. The van der Waals surface area contributed by atoms with Crippen LogP contribution < -0.4 is 15.0 Å². The lowest BCUT2D eigenvalue weighted by Gasteiger charge is -2.16. The molecule has 0 saturated heterocycles. The van der Waals surface area contributed by atoms with Crippen molar-refractivity contribution in [2.45, 2.75) is 13.3 Å². The number of carbonyl (C=O) groups is 2. The third kappa shape index (κ3) is 4.59. The van der Waals surface area contributed by atoms with E-state index in [0.717, 1.165) is 18.6 Å². The third-order valence-electron chi connectivity index (χ3n) is 4.94. The topological polar surface area (TPSA) is 58.6 Å². The van der Waals surface area contributed by atoms with Gasteiger partial charge in [-0.1, -0.05) is 36.7 Å². The number of benzene rings is 3. The van der Waals surface area contributed by atoms with Gasteiger partial charge in [0.2, 0.25) is 0 Å². The molecule has 1 heterocycles. The minimum Gasteiger partial charge on any atom is -0.494 e. The Morgan fingerprint density at radius 2 is 1.73 bits per heavy atom. The number of imide groups is 1. The van der Waals surface area contributed by atoms with E-state index in [4.69, 9.17) is 16.3 Å². The van der Waals surface area contributed by atoms with Crippen LogP contribution in [-0.2, 0) is 9.59 Å². The molecular weight excluding hydrogens is 450 g/mol. The zero-order chi connectivity index (χ0) is 23.5. The number of hydrogen-bond acceptors (Lipinski definition) is 4. The lowest BCUT2D eigenvalue weighted by Crippen LogP contribution is -2.33. The second kappa shape index (κ2) is 9.42. The predicted molar refractivity (Wildman–Crippen MR) is 123 cm³/mol. The molecule has 0 aliphatic carbocycles. The molecule has 0 fully saturated rings. The monoisotopic (exact) mass is 468 g/mol. The summed E-state index contributed by atoms with van der Waals surface area (Å²) >= 11 is 5.98. The molecule has 4 rings (SSSR count). The Morgan fingerprint density at radius 3 is 2.42 bits per heavy atom. The van der Waals surface area contributed by atoms with Crippen molar-refractivity contribution in [1.82, 2.24) is 0 Å². The van der Waals surface area contributed by atoms with Crippen LogP contribution in [0.5, 0.6) is 5.75 Å². The molecule has 0 atom stereocenters. The first-order chi connectivity index (χ1) is 15.9. The fraction of sp³-hybridized carbons (Fsp3) is 0.120. The predicted octanol–water partition coefficient (Wildman–Crippen LogP) is 5.80. The summed E-state index contributed by atoms with van der Waals surface area (Å²) in [5.41, 5.74) is 0.588. The smallest absolute Gasteiger partial charge is 0.282 e. The average Bonchev–Trinajstić information content (AvgIpc) is 3.03. The second-order valence-electron chi connectivity index (χ2n) is 7.30. The first-order valence-corrected chi connectivity index (χ1v) is 10.6. The molecule has 8 heteroatoms. The molecule has 3 aromatic carbocycles. The van der Waals surface area contributed by atoms with Gasteiger partial charge in [0.15, 0.2) is 0 Å². The highest BCUT2D eigenvalue weighted by molar-refractivity contribution is 6.46. The van der Waals surface area contributed by atoms with E-state index in [0.29, 0.717) is 39.6 Å². The Balaban J connectivity index is 1.78. The maximum absolute atomic E-state index is 14.5. The Hall–Kier alpha value is -3.71. The van der Waals surface area contributed by atoms with Gasteiger partial charge in [0, 0.05) is 22.8 Å². The van der Waals surface area contributed by atoms with E-state index in [1.807, 2.05) is 6.92 Å². The first-order valence-electron chi connectivity index (χ1n) is 10.2. The van der Waals surface area contributed by atoms with Crippen LogP contribution in [0.2, 0.25) is 5.02 Å².